The van der Waals surface area contributed by atoms with Crippen LogP contribution >= 0.6 is 0 Å². The van der Waals surface area contributed by atoms with Crippen molar-refractivity contribution >= 4 is 17.8 Å². The molecule has 0 aliphatic carbocycles. The first-order valence-electron chi connectivity index (χ1n) is 4.86. The number of methoxy groups -OCH3 is 1. The minimum absolute atomic E-state index is 0.109. The van der Waals surface area contributed by atoms with Crippen LogP contribution in [0.15, 0.2) is 0 Å². The molecule has 2 amide bonds. The van der Waals surface area contributed by atoms with Crippen LogP contribution in [0, 0.1) is 0 Å². The molecule has 0 radical (unpaired) electrons. The molecular weight excluding hydrogens is 216 g/mol. The quantitative estimate of drug-likeness (QED) is 0.532. The normalized spacial score (nSPS) is 21.3. The molecule has 1 aliphatic heterocycles. The number of hydrogen-bond donors (Lipinski definition) is 3. The Morgan fingerprint density at radius 3 is 2.81 bits per heavy atom. The maximum atomic E-state index is 11.5. The fourth-order valence-electron chi connectivity index (χ4n) is 1.42. The number of hydrogen-bond acceptors (Lipinski definition) is 4. The number of carbonyl (C=O) groups is 3. The molecule has 0 aromatic heterocycles. The summed E-state index contributed by atoms with van der Waals surface area (Å²) >= 11 is 0. The maximum Gasteiger partial charge on any atom is 0.328 e. The number of ether oxygens (including phenoxy) is 1. The minimum Gasteiger partial charge on any atom is -0.480 e. The number of aliphatic carboxylic acids is 1. The topological polar surface area (TPSA) is 105 Å². The molecule has 1 aliphatic rings. The third-order valence-electron chi connectivity index (χ3n) is 2.26. The first-order chi connectivity index (χ1) is 7.54. The zero-order valence-electron chi connectivity index (χ0n) is 8.86. The number of carbonyl (C=O) groups excluding carboxylic acids is 2. The van der Waals surface area contributed by atoms with E-state index >= 15 is 0 Å². The summed E-state index contributed by atoms with van der Waals surface area (Å²) in [7, 11) is 1.35. The molecule has 0 aromatic carbocycles. The highest BCUT2D eigenvalue weighted by Gasteiger charge is 2.30. The van der Waals surface area contributed by atoms with E-state index < -0.39 is 24.0 Å². The van der Waals surface area contributed by atoms with E-state index in [4.69, 9.17) is 5.11 Å². The first kappa shape index (κ1) is 12.4. The van der Waals surface area contributed by atoms with Crippen molar-refractivity contribution in [3.8, 4) is 0 Å². The first-order valence-corrected chi connectivity index (χ1v) is 4.86. The number of amides is 2. The van der Waals surface area contributed by atoms with E-state index in [-0.39, 0.29) is 12.5 Å². The number of nitrogens with one attached hydrogen (secondary N) is 2. The van der Waals surface area contributed by atoms with Crippen molar-refractivity contribution in [2.45, 2.75) is 24.9 Å². The minimum atomic E-state index is -1.17. The highest BCUT2D eigenvalue weighted by molar-refractivity contribution is 5.92. The van der Waals surface area contributed by atoms with Gasteiger partial charge in [-0.1, -0.05) is 0 Å². The lowest BCUT2D eigenvalue weighted by Crippen LogP contribution is -2.50. The van der Waals surface area contributed by atoms with Crippen molar-refractivity contribution in [1.29, 1.82) is 0 Å². The Balaban J connectivity index is 2.48. The molecule has 16 heavy (non-hydrogen) atoms. The number of rotatable bonds is 5. The molecule has 7 nitrogen and oxygen atoms in total. The summed E-state index contributed by atoms with van der Waals surface area (Å²) in [6, 6.07) is -1.72. The second-order valence-corrected chi connectivity index (χ2v) is 3.51. The maximum absolute atomic E-state index is 11.5. The van der Waals surface area contributed by atoms with Crippen molar-refractivity contribution in [2.24, 2.45) is 0 Å². The molecule has 3 N–H and O–H groups in total. The highest BCUT2D eigenvalue weighted by atomic mass is 16.5. The largest absolute Gasteiger partial charge is 0.480 e. The van der Waals surface area contributed by atoms with Crippen LogP contribution < -0.4 is 10.6 Å². The average molecular weight is 230 g/mol. The molecule has 7 heteroatoms. The third-order valence-corrected chi connectivity index (χ3v) is 2.26. The van der Waals surface area contributed by atoms with Gasteiger partial charge >= 0.3 is 5.97 Å². The van der Waals surface area contributed by atoms with Crippen LogP contribution in [0.3, 0.4) is 0 Å². The summed E-state index contributed by atoms with van der Waals surface area (Å²) in [4.78, 5) is 33.1. The van der Waals surface area contributed by atoms with Gasteiger partial charge in [0.05, 0.1) is 6.61 Å². The van der Waals surface area contributed by atoms with Crippen LogP contribution in [0.1, 0.15) is 12.8 Å². The number of carboxylic acids is 1. The second-order valence-electron chi connectivity index (χ2n) is 3.51. The van der Waals surface area contributed by atoms with E-state index in [9.17, 15) is 14.4 Å². The van der Waals surface area contributed by atoms with Gasteiger partial charge in [0.2, 0.25) is 11.8 Å². The van der Waals surface area contributed by atoms with Crippen molar-refractivity contribution in [2.75, 3.05) is 13.7 Å². The molecule has 1 rings (SSSR count). The molecule has 0 aromatic rings. The van der Waals surface area contributed by atoms with Gasteiger partial charge in [0.15, 0.2) is 6.04 Å². The Morgan fingerprint density at radius 2 is 2.38 bits per heavy atom. The van der Waals surface area contributed by atoms with E-state index in [1.807, 2.05) is 0 Å². The van der Waals surface area contributed by atoms with Crippen LogP contribution in [0.4, 0.5) is 0 Å². The van der Waals surface area contributed by atoms with Gasteiger partial charge in [-0.2, -0.15) is 0 Å². The zero-order valence-corrected chi connectivity index (χ0v) is 8.86. The molecule has 1 fully saturated rings. The lowest BCUT2D eigenvalue weighted by Gasteiger charge is -2.16. The van der Waals surface area contributed by atoms with Gasteiger partial charge in [0.1, 0.15) is 6.04 Å². The fourth-order valence-corrected chi connectivity index (χ4v) is 1.42. The predicted molar refractivity (Wildman–Crippen MR) is 52.6 cm³/mol. The van der Waals surface area contributed by atoms with Gasteiger partial charge in [-0.3, -0.25) is 9.59 Å². The molecule has 0 saturated carbocycles. The van der Waals surface area contributed by atoms with E-state index in [0.717, 1.165) is 0 Å². The summed E-state index contributed by atoms with van der Waals surface area (Å²) < 4.78 is 4.67. The summed E-state index contributed by atoms with van der Waals surface area (Å²) in [6.07, 6.45) is 0.685. The van der Waals surface area contributed by atoms with Crippen LogP contribution in [0.5, 0.6) is 0 Å². The lowest BCUT2D eigenvalue weighted by molar-refractivity contribution is -0.143. The molecule has 0 bridgehead atoms. The molecular formula is C9H14N2O5. The Kier molecular flexibility index (Phi) is 4.24. The summed E-state index contributed by atoms with van der Waals surface area (Å²) in [6.45, 7) is -0.109. The van der Waals surface area contributed by atoms with Crippen molar-refractivity contribution in [3.05, 3.63) is 0 Å². The fraction of sp³-hybridized carbons (Fsp3) is 0.667. The van der Waals surface area contributed by atoms with Gasteiger partial charge in [0.25, 0.3) is 0 Å². The highest BCUT2D eigenvalue weighted by Crippen LogP contribution is 2.06. The Bertz CT molecular complexity index is 304. The van der Waals surface area contributed by atoms with Crippen LogP contribution in [-0.4, -0.2) is 48.7 Å². The average Bonchev–Trinajstić information content (AvgIpc) is 2.64. The molecule has 1 saturated heterocycles. The Morgan fingerprint density at radius 1 is 1.69 bits per heavy atom. The SMILES string of the molecule is COCC(NC(=O)C1CCC(=O)N1)C(=O)O. The summed E-state index contributed by atoms with van der Waals surface area (Å²) in [5.41, 5.74) is 0. The summed E-state index contributed by atoms with van der Waals surface area (Å²) in [5, 5.41) is 13.5. The molecule has 90 valence electrons. The van der Waals surface area contributed by atoms with Crippen LogP contribution in [0.25, 0.3) is 0 Å². The Hall–Kier alpha value is -1.63. The number of carboxylic acid groups (broad SMARTS) is 1. The molecule has 1 heterocycles. The molecule has 2 atom stereocenters. The zero-order chi connectivity index (χ0) is 12.1. The van der Waals surface area contributed by atoms with Crippen molar-refractivity contribution in [1.82, 2.24) is 10.6 Å². The van der Waals surface area contributed by atoms with Gasteiger partial charge in [0, 0.05) is 13.5 Å². The van der Waals surface area contributed by atoms with Gasteiger partial charge in [-0.05, 0) is 6.42 Å². The molecule has 2 unspecified atom stereocenters. The van der Waals surface area contributed by atoms with Crippen LogP contribution in [-0.2, 0) is 19.1 Å². The standard InChI is InChI=1S/C9H14N2O5/c1-16-4-6(9(14)15)11-8(13)5-2-3-7(12)10-5/h5-6H,2-4H2,1H3,(H,10,12)(H,11,13)(H,14,15). The van der Waals surface area contributed by atoms with Gasteiger partial charge in [-0.25, -0.2) is 4.79 Å². The van der Waals surface area contributed by atoms with Crippen molar-refractivity contribution < 1.29 is 24.2 Å². The van der Waals surface area contributed by atoms with Crippen molar-refractivity contribution in [3.63, 3.8) is 0 Å². The smallest absolute Gasteiger partial charge is 0.328 e. The van der Waals surface area contributed by atoms with E-state index in [2.05, 4.69) is 15.4 Å². The van der Waals surface area contributed by atoms with Crippen LogP contribution in [0.2, 0.25) is 0 Å². The lowest BCUT2D eigenvalue weighted by atomic mass is 10.2. The molecule has 0 spiro atoms. The third kappa shape index (κ3) is 3.20. The van der Waals surface area contributed by atoms with E-state index in [0.29, 0.717) is 12.8 Å². The monoisotopic (exact) mass is 230 g/mol. The predicted octanol–water partition coefficient (Wildman–Crippen LogP) is -1.52. The Labute approximate surface area is 92.1 Å². The van der Waals surface area contributed by atoms with E-state index in [1.165, 1.54) is 7.11 Å². The van der Waals surface area contributed by atoms with E-state index in [1.54, 1.807) is 0 Å². The summed E-state index contributed by atoms with van der Waals surface area (Å²) in [5.74, 6) is -1.85. The van der Waals surface area contributed by atoms with Gasteiger partial charge < -0.3 is 20.5 Å². The second kappa shape index (κ2) is 5.45. The van der Waals surface area contributed by atoms with Gasteiger partial charge in [-0.15, -0.1) is 0 Å².